The summed E-state index contributed by atoms with van der Waals surface area (Å²) >= 11 is 1.68. The zero-order valence-corrected chi connectivity index (χ0v) is 12.7. The summed E-state index contributed by atoms with van der Waals surface area (Å²) in [6.07, 6.45) is 0.814. The monoisotopic (exact) mass is 292 g/mol. The molecule has 108 valence electrons. The fourth-order valence-electron chi connectivity index (χ4n) is 1.78. The quantitative estimate of drug-likeness (QED) is 0.812. The van der Waals surface area contributed by atoms with Crippen LogP contribution < -0.4 is 14.8 Å². The third-order valence-electron chi connectivity index (χ3n) is 2.80. The molecule has 1 N–H and O–H groups in total. The molecule has 20 heavy (non-hydrogen) atoms. The zero-order chi connectivity index (χ0) is 14.2. The third-order valence-corrected chi connectivity index (χ3v) is 3.76. The first-order valence-corrected chi connectivity index (χ1v) is 7.61. The van der Waals surface area contributed by atoms with Gasteiger partial charge in [-0.25, -0.2) is 4.98 Å². The van der Waals surface area contributed by atoms with Gasteiger partial charge in [0.2, 0.25) is 0 Å². The Morgan fingerprint density at radius 2 is 2.05 bits per heavy atom. The minimum atomic E-state index is 0.606. The number of nitrogens with one attached hydrogen (secondary N) is 1. The predicted octanol–water partition coefficient (Wildman–Crippen LogP) is 2.88. The van der Waals surface area contributed by atoms with Gasteiger partial charge in [0.25, 0.3) is 0 Å². The molecule has 0 bridgehead atoms. The van der Waals surface area contributed by atoms with E-state index in [1.165, 1.54) is 0 Å². The van der Waals surface area contributed by atoms with E-state index in [-0.39, 0.29) is 0 Å². The summed E-state index contributed by atoms with van der Waals surface area (Å²) in [5.74, 6) is 1.54. The van der Waals surface area contributed by atoms with E-state index in [4.69, 9.17) is 9.47 Å². The van der Waals surface area contributed by atoms with Crippen molar-refractivity contribution in [3.8, 4) is 11.5 Å². The molecular weight excluding hydrogens is 272 g/mol. The highest BCUT2D eigenvalue weighted by Gasteiger charge is 2.05. The smallest absolute Gasteiger partial charge is 0.161 e. The lowest BCUT2D eigenvalue weighted by Gasteiger charge is -2.09. The van der Waals surface area contributed by atoms with Crippen LogP contribution in [0.5, 0.6) is 11.5 Å². The van der Waals surface area contributed by atoms with Crippen LogP contribution in [0.3, 0.4) is 0 Å². The SMILES string of the molecule is CCNCc1csc(CCOc2ccccc2OC)n1. The van der Waals surface area contributed by atoms with Gasteiger partial charge in [-0.2, -0.15) is 0 Å². The lowest BCUT2D eigenvalue weighted by molar-refractivity contribution is 0.297. The van der Waals surface area contributed by atoms with Gasteiger partial charge in [-0.15, -0.1) is 11.3 Å². The Balaban J connectivity index is 1.82. The maximum Gasteiger partial charge on any atom is 0.161 e. The molecule has 0 fully saturated rings. The Morgan fingerprint density at radius 1 is 1.25 bits per heavy atom. The second-order valence-electron chi connectivity index (χ2n) is 4.26. The van der Waals surface area contributed by atoms with Crippen molar-refractivity contribution in [2.75, 3.05) is 20.3 Å². The predicted molar refractivity (Wildman–Crippen MR) is 81.7 cm³/mol. The Hall–Kier alpha value is -1.59. The highest BCUT2D eigenvalue weighted by atomic mass is 32.1. The number of rotatable bonds is 8. The summed E-state index contributed by atoms with van der Waals surface area (Å²) in [5.41, 5.74) is 1.10. The average Bonchev–Trinajstić information content (AvgIpc) is 2.93. The fourth-order valence-corrected chi connectivity index (χ4v) is 2.56. The second-order valence-corrected chi connectivity index (χ2v) is 5.20. The maximum atomic E-state index is 5.75. The van der Waals surface area contributed by atoms with Crippen LogP contribution in [0.25, 0.3) is 0 Å². The van der Waals surface area contributed by atoms with Gasteiger partial charge in [-0.3, -0.25) is 0 Å². The first kappa shape index (κ1) is 14.8. The van der Waals surface area contributed by atoms with Crippen LogP contribution >= 0.6 is 11.3 Å². The van der Waals surface area contributed by atoms with Gasteiger partial charge in [-0.1, -0.05) is 19.1 Å². The highest BCUT2D eigenvalue weighted by Crippen LogP contribution is 2.25. The van der Waals surface area contributed by atoms with Crippen LogP contribution in [0.15, 0.2) is 29.6 Å². The number of thiazole rings is 1. The Labute approximate surface area is 123 Å². The molecule has 4 nitrogen and oxygen atoms in total. The highest BCUT2D eigenvalue weighted by molar-refractivity contribution is 7.09. The van der Waals surface area contributed by atoms with E-state index in [1.54, 1.807) is 18.4 Å². The van der Waals surface area contributed by atoms with Gasteiger partial charge in [0.1, 0.15) is 0 Å². The van der Waals surface area contributed by atoms with E-state index in [9.17, 15) is 0 Å². The van der Waals surface area contributed by atoms with Crippen molar-refractivity contribution in [3.63, 3.8) is 0 Å². The molecule has 0 aliphatic carbocycles. The van der Waals surface area contributed by atoms with E-state index in [0.29, 0.717) is 6.61 Å². The Bertz CT molecular complexity index is 528. The molecule has 0 saturated heterocycles. The molecule has 0 amide bonds. The minimum absolute atomic E-state index is 0.606. The van der Waals surface area contributed by atoms with E-state index < -0.39 is 0 Å². The lowest BCUT2D eigenvalue weighted by atomic mass is 10.3. The van der Waals surface area contributed by atoms with Gasteiger partial charge < -0.3 is 14.8 Å². The second kappa shape index (κ2) is 7.87. The van der Waals surface area contributed by atoms with Gasteiger partial charge in [0.05, 0.1) is 24.4 Å². The molecule has 1 heterocycles. The molecular formula is C15H20N2O2S. The molecule has 0 aliphatic rings. The normalized spacial score (nSPS) is 10.5. The number of para-hydroxylation sites is 2. The molecule has 0 radical (unpaired) electrons. The molecule has 1 aromatic carbocycles. The summed E-state index contributed by atoms with van der Waals surface area (Å²) in [5, 5.41) is 6.47. The summed E-state index contributed by atoms with van der Waals surface area (Å²) in [6, 6.07) is 7.68. The van der Waals surface area contributed by atoms with Crippen LogP contribution in [0.4, 0.5) is 0 Å². The van der Waals surface area contributed by atoms with Crippen LogP contribution in [0.1, 0.15) is 17.6 Å². The van der Waals surface area contributed by atoms with Gasteiger partial charge in [-0.05, 0) is 18.7 Å². The van der Waals surface area contributed by atoms with Crippen LogP contribution in [0, 0.1) is 0 Å². The molecule has 0 aliphatic heterocycles. The van der Waals surface area contributed by atoms with Crippen molar-refractivity contribution in [2.45, 2.75) is 19.9 Å². The lowest BCUT2D eigenvalue weighted by Crippen LogP contribution is -2.12. The average molecular weight is 292 g/mol. The molecule has 2 rings (SSSR count). The first-order valence-electron chi connectivity index (χ1n) is 6.73. The van der Waals surface area contributed by atoms with Gasteiger partial charge in [0, 0.05) is 18.3 Å². The number of methoxy groups -OCH3 is 1. The first-order chi connectivity index (χ1) is 9.83. The fraction of sp³-hybridized carbons (Fsp3) is 0.400. The van der Waals surface area contributed by atoms with E-state index in [2.05, 4.69) is 22.6 Å². The van der Waals surface area contributed by atoms with Crippen molar-refractivity contribution < 1.29 is 9.47 Å². The van der Waals surface area contributed by atoms with Crippen molar-refractivity contribution >= 4 is 11.3 Å². The van der Waals surface area contributed by atoms with Crippen molar-refractivity contribution in [2.24, 2.45) is 0 Å². The Morgan fingerprint density at radius 3 is 2.80 bits per heavy atom. The van der Waals surface area contributed by atoms with E-state index >= 15 is 0 Å². The number of benzene rings is 1. The summed E-state index contributed by atoms with van der Waals surface area (Å²) < 4.78 is 11.0. The van der Waals surface area contributed by atoms with E-state index in [1.807, 2.05) is 24.3 Å². The van der Waals surface area contributed by atoms with Crippen molar-refractivity contribution in [1.82, 2.24) is 10.3 Å². The number of ether oxygens (including phenoxy) is 2. The topological polar surface area (TPSA) is 43.4 Å². The third kappa shape index (κ3) is 4.21. The zero-order valence-electron chi connectivity index (χ0n) is 11.9. The maximum absolute atomic E-state index is 5.75. The van der Waals surface area contributed by atoms with Crippen LogP contribution in [0.2, 0.25) is 0 Å². The van der Waals surface area contributed by atoms with Crippen LogP contribution in [-0.4, -0.2) is 25.2 Å². The Kier molecular flexibility index (Phi) is 5.83. The van der Waals surface area contributed by atoms with Gasteiger partial charge >= 0.3 is 0 Å². The summed E-state index contributed by atoms with van der Waals surface area (Å²) in [7, 11) is 1.65. The number of aromatic nitrogens is 1. The largest absolute Gasteiger partial charge is 0.493 e. The molecule has 0 saturated carbocycles. The molecule has 5 heteroatoms. The number of hydrogen-bond donors (Lipinski definition) is 1. The number of nitrogens with zero attached hydrogens (tertiary/aromatic N) is 1. The standard InChI is InChI=1S/C15H20N2O2S/c1-3-16-10-12-11-20-15(17-12)8-9-19-14-7-5-4-6-13(14)18-2/h4-7,11,16H,3,8-10H2,1-2H3. The molecule has 0 spiro atoms. The summed E-state index contributed by atoms with van der Waals surface area (Å²) in [4.78, 5) is 4.57. The van der Waals surface area contributed by atoms with Crippen molar-refractivity contribution in [1.29, 1.82) is 0 Å². The van der Waals surface area contributed by atoms with E-state index in [0.717, 1.165) is 41.7 Å². The molecule has 1 aromatic heterocycles. The van der Waals surface area contributed by atoms with Gasteiger partial charge in [0.15, 0.2) is 11.5 Å². The van der Waals surface area contributed by atoms with Crippen molar-refractivity contribution in [3.05, 3.63) is 40.3 Å². The molecule has 2 aromatic rings. The minimum Gasteiger partial charge on any atom is -0.493 e. The molecule has 0 atom stereocenters. The number of hydrogen-bond acceptors (Lipinski definition) is 5. The molecule has 0 unspecified atom stereocenters. The van der Waals surface area contributed by atoms with Crippen LogP contribution in [-0.2, 0) is 13.0 Å². The summed E-state index contributed by atoms with van der Waals surface area (Å²) in [6.45, 7) is 4.49.